The van der Waals surface area contributed by atoms with E-state index in [2.05, 4.69) is 0 Å². The fourth-order valence-corrected chi connectivity index (χ4v) is 6.79. The molecule has 6 nitrogen and oxygen atoms in total. The normalized spacial score (nSPS) is 18.9. The molecule has 5 rings (SSSR count). The molecule has 1 spiro atoms. The molecule has 2 fully saturated rings. The fourth-order valence-electron chi connectivity index (χ4n) is 4.80. The maximum absolute atomic E-state index is 13.4. The van der Waals surface area contributed by atoms with Crippen molar-refractivity contribution in [3.8, 4) is 10.4 Å². The number of carbonyl (C=O) groups is 2. The number of nitrogens with zero attached hydrogens (tertiary/aromatic N) is 1. The summed E-state index contributed by atoms with van der Waals surface area (Å²) in [5.41, 5.74) is -1.36. The lowest BCUT2D eigenvalue weighted by atomic mass is 9.62. The molecule has 2 aliphatic rings. The van der Waals surface area contributed by atoms with Gasteiger partial charge in [0.25, 0.3) is 0 Å². The van der Waals surface area contributed by atoms with Crippen LogP contribution in [-0.4, -0.2) is 46.9 Å². The summed E-state index contributed by atoms with van der Waals surface area (Å²) in [6, 6.07) is 17.2. The number of hydrogen-bond acceptors (Lipinski definition) is 7. The van der Waals surface area contributed by atoms with Crippen molar-refractivity contribution in [3.05, 3.63) is 69.7 Å². The van der Waals surface area contributed by atoms with Crippen molar-refractivity contribution in [3.63, 3.8) is 0 Å². The molecular formula is C27H29NO5S2. The zero-order valence-electron chi connectivity index (χ0n) is 20.0. The third kappa shape index (κ3) is 4.62. The van der Waals surface area contributed by atoms with Crippen LogP contribution >= 0.6 is 22.7 Å². The van der Waals surface area contributed by atoms with Gasteiger partial charge in [0.2, 0.25) is 5.60 Å². The molecule has 1 amide bonds. The van der Waals surface area contributed by atoms with Crippen molar-refractivity contribution >= 4 is 34.7 Å². The van der Waals surface area contributed by atoms with Gasteiger partial charge in [-0.25, -0.2) is 9.59 Å². The highest BCUT2D eigenvalue weighted by Crippen LogP contribution is 2.51. The third-order valence-electron chi connectivity index (χ3n) is 6.49. The molecule has 1 aliphatic carbocycles. The Bertz CT molecular complexity index is 1200. The van der Waals surface area contributed by atoms with Crippen molar-refractivity contribution in [2.24, 2.45) is 5.41 Å². The van der Waals surface area contributed by atoms with Gasteiger partial charge in [0.05, 0.1) is 9.75 Å². The maximum atomic E-state index is 13.4. The molecule has 0 bridgehead atoms. The predicted molar refractivity (Wildman–Crippen MR) is 136 cm³/mol. The van der Waals surface area contributed by atoms with Crippen LogP contribution in [0.5, 0.6) is 0 Å². The van der Waals surface area contributed by atoms with Crippen molar-refractivity contribution < 1.29 is 24.2 Å². The van der Waals surface area contributed by atoms with Crippen molar-refractivity contribution in [1.82, 2.24) is 4.90 Å². The Labute approximate surface area is 213 Å². The summed E-state index contributed by atoms with van der Waals surface area (Å²) < 4.78 is 11.3. The molecule has 2 aromatic heterocycles. The second-order valence-electron chi connectivity index (χ2n) is 10.5. The fraction of sp³-hybridized carbons (Fsp3) is 0.407. The molecule has 0 radical (unpaired) electrons. The molecule has 1 saturated heterocycles. The van der Waals surface area contributed by atoms with Crippen LogP contribution in [0.25, 0.3) is 10.4 Å². The summed E-state index contributed by atoms with van der Waals surface area (Å²) in [7, 11) is 0. The standard InChI is InChI=1S/C27H29NO5S2/c1-25(2,3)33-24(30)28-16-26(17-28)14-19(15-26)32-23(29)27(31,21-10-7-13-34-21)22-12-11-20(35-22)18-8-5-4-6-9-18/h4-13,19,31H,14-17H2,1-3H3. The Hall–Kier alpha value is -2.68. The van der Waals surface area contributed by atoms with Gasteiger partial charge < -0.3 is 19.5 Å². The molecule has 8 heteroatoms. The Kier molecular flexibility index (Phi) is 6.02. The number of esters is 1. The molecule has 1 saturated carbocycles. The van der Waals surface area contributed by atoms with Crippen LogP contribution in [0.1, 0.15) is 43.4 Å². The van der Waals surface area contributed by atoms with E-state index in [4.69, 9.17) is 9.47 Å². The summed E-state index contributed by atoms with van der Waals surface area (Å²) in [5.74, 6) is -0.649. The summed E-state index contributed by atoms with van der Waals surface area (Å²) in [6.07, 6.45) is 0.780. The van der Waals surface area contributed by atoms with Crippen molar-refractivity contribution in [1.29, 1.82) is 0 Å². The van der Waals surface area contributed by atoms with Crippen LogP contribution in [-0.2, 0) is 19.9 Å². The van der Waals surface area contributed by atoms with Gasteiger partial charge in [-0.15, -0.1) is 22.7 Å². The van der Waals surface area contributed by atoms with Crippen LogP contribution in [0, 0.1) is 5.41 Å². The number of likely N-dealkylation sites (tertiary alicyclic amines) is 1. The van der Waals surface area contributed by atoms with Crippen LogP contribution in [0.15, 0.2) is 60.0 Å². The van der Waals surface area contributed by atoms with E-state index in [1.54, 1.807) is 17.0 Å². The van der Waals surface area contributed by atoms with Gasteiger partial charge in [0.1, 0.15) is 11.7 Å². The number of carbonyl (C=O) groups excluding carboxylic acids is 2. The Morgan fingerprint density at radius 2 is 1.71 bits per heavy atom. The molecule has 1 aliphatic heterocycles. The highest BCUT2D eigenvalue weighted by molar-refractivity contribution is 7.16. The first-order valence-corrected chi connectivity index (χ1v) is 13.4. The average Bonchev–Trinajstić information content (AvgIpc) is 3.46. The minimum atomic E-state index is -1.85. The minimum Gasteiger partial charge on any atom is -0.460 e. The minimum absolute atomic E-state index is 0.0215. The van der Waals surface area contributed by atoms with Gasteiger partial charge >= 0.3 is 12.1 Å². The Morgan fingerprint density at radius 3 is 2.34 bits per heavy atom. The van der Waals surface area contributed by atoms with Gasteiger partial charge in [-0.2, -0.15) is 0 Å². The summed E-state index contributed by atoms with van der Waals surface area (Å²) >= 11 is 2.73. The zero-order chi connectivity index (χ0) is 24.8. The number of aliphatic hydroxyl groups is 1. The van der Waals surface area contributed by atoms with E-state index < -0.39 is 17.2 Å². The smallest absolute Gasteiger partial charge is 0.410 e. The molecule has 1 aromatic carbocycles. The van der Waals surface area contributed by atoms with Crippen LogP contribution < -0.4 is 0 Å². The molecule has 1 N–H and O–H groups in total. The number of benzene rings is 1. The topological polar surface area (TPSA) is 76.1 Å². The van der Waals surface area contributed by atoms with Crippen molar-refractivity contribution in [2.75, 3.05) is 13.1 Å². The summed E-state index contributed by atoms with van der Waals surface area (Å²) in [4.78, 5) is 29.4. The third-order valence-corrected chi connectivity index (χ3v) is 8.72. The first kappa shape index (κ1) is 24.0. The maximum Gasteiger partial charge on any atom is 0.410 e. The number of amides is 1. The van der Waals surface area contributed by atoms with E-state index in [0.717, 1.165) is 10.4 Å². The number of hydrogen-bond donors (Lipinski definition) is 1. The SMILES string of the molecule is CC(C)(C)OC(=O)N1CC2(CC(OC(=O)C(O)(c3cccs3)c3ccc(-c4ccccc4)s3)C2)C1. The average molecular weight is 512 g/mol. The Balaban J connectivity index is 1.26. The number of thiophene rings is 2. The lowest BCUT2D eigenvalue weighted by Crippen LogP contribution is -2.66. The highest BCUT2D eigenvalue weighted by Gasteiger charge is 2.57. The van der Waals surface area contributed by atoms with Gasteiger partial charge in [0.15, 0.2) is 0 Å². The zero-order valence-corrected chi connectivity index (χ0v) is 21.7. The quantitative estimate of drug-likeness (QED) is 0.448. The summed E-state index contributed by atoms with van der Waals surface area (Å²) in [5, 5.41) is 13.6. The molecule has 184 valence electrons. The summed E-state index contributed by atoms with van der Waals surface area (Å²) in [6.45, 7) is 6.77. The first-order chi connectivity index (χ1) is 16.6. The Morgan fingerprint density at radius 1 is 1.00 bits per heavy atom. The lowest BCUT2D eigenvalue weighted by Gasteiger charge is -2.58. The van der Waals surface area contributed by atoms with E-state index in [9.17, 15) is 14.7 Å². The van der Waals surface area contributed by atoms with E-state index in [-0.39, 0.29) is 17.6 Å². The van der Waals surface area contributed by atoms with Gasteiger partial charge in [-0.3, -0.25) is 0 Å². The van der Waals surface area contributed by atoms with E-state index in [1.807, 2.05) is 68.6 Å². The molecule has 1 unspecified atom stereocenters. The number of ether oxygens (including phenoxy) is 2. The second kappa shape index (κ2) is 8.76. The van der Waals surface area contributed by atoms with Crippen LogP contribution in [0.3, 0.4) is 0 Å². The van der Waals surface area contributed by atoms with Crippen molar-refractivity contribution in [2.45, 2.75) is 50.9 Å². The largest absolute Gasteiger partial charge is 0.460 e. The monoisotopic (exact) mass is 511 g/mol. The molecule has 35 heavy (non-hydrogen) atoms. The molecule has 3 aromatic rings. The highest BCUT2D eigenvalue weighted by atomic mass is 32.1. The van der Waals surface area contributed by atoms with Crippen LogP contribution in [0.4, 0.5) is 4.79 Å². The van der Waals surface area contributed by atoms with E-state index in [1.165, 1.54) is 22.7 Å². The van der Waals surface area contributed by atoms with Gasteiger partial charge in [0, 0.05) is 23.4 Å². The van der Waals surface area contributed by atoms with Gasteiger partial charge in [-0.1, -0.05) is 36.4 Å². The second-order valence-corrected chi connectivity index (χ2v) is 12.5. The van der Waals surface area contributed by atoms with E-state index in [0.29, 0.717) is 35.7 Å². The first-order valence-electron chi connectivity index (χ1n) is 11.7. The van der Waals surface area contributed by atoms with Gasteiger partial charge in [-0.05, 0) is 62.8 Å². The predicted octanol–water partition coefficient (Wildman–Crippen LogP) is 5.66. The number of rotatable bonds is 5. The molecule has 1 atom stereocenters. The molecule has 3 heterocycles. The van der Waals surface area contributed by atoms with Crippen LogP contribution in [0.2, 0.25) is 0 Å². The molecular weight excluding hydrogens is 482 g/mol. The lowest BCUT2D eigenvalue weighted by molar-refractivity contribution is -0.189. The van der Waals surface area contributed by atoms with E-state index >= 15 is 0 Å².